The van der Waals surface area contributed by atoms with Crippen LogP contribution in [0.1, 0.15) is 55.5 Å². The lowest BCUT2D eigenvalue weighted by Gasteiger charge is -2.21. The smallest absolute Gasteiger partial charge is 0.294 e. The van der Waals surface area contributed by atoms with E-state index in [9.17, 15) is 14.4 Å². The fourth-order valence-electron chi connectivity index (χ4n) is 4.21. The van der Waals surface area contributed by atoms with Crippen molar-refractivity contribution >= 4 is 17.5 Å². The summed E-state index contributed by atoms with van der Waals surface area (Å²) in [6.07, 6.45) is 3.28. The van der Waals surface area contributed by atoms with E-state index in [4.69, 9.17) is 4.42 Å². The summed E-state index contributed by atoms with van der Waals surface area (Å²) >= 11 is 0. The van der Waals surface area contributed by atoms with Gasteiger partial charge < -0.3 is 15.1 Å². The number of hydrogen-bond donors (Lipinski definition) is 2. The van der Waals surface area contributed by atoms with Gasteiger partial charge in [0.05, 0.1) is 29.0 Å². The zero-order chi connectivity index (χ0) is 29.0. The highest BCUT2D eigenvalue weighted by atomic mass is 16.4. The number of nitrogens with zero attached hydrogens (tertiary/aromatic N) is 5. The number of Topliss-reactive ketones (excluding diaryl/α,β-unsaturated/α-hetero) is 1. The summed E-state index contributed by atoms with van der Waals surface area (Å²) in [6, 6.07) is 12.0. The summed E-state index contributed by atoms with van der Waals surface area (Å²) in [5.41, 5.74) is 1.73. The van der Waals surface area contributed by atoms with Crippen molar-refractivity contribution in [1.82, 2.24) is 30.0 Å². The summed E-state index contributed by atoms with van der Waals surface area (Å²) in [5, 5.41) is 13.6. The van der Waals surface area contributed by atoms with Crippen LogP contribution >= 0.6 is 0 Å². The molecule has 1 unspecified atom stereocenters. The van der Waals surface area contributed by atoms with Crippen LogP contribution in [0.25, 0.3) is 11.3 Å². The molecule has 3 aromatic heterocycles. The second-order valence-electron chi connectivity index (χ2n) is 10.4. The molecule has 1 atom stereocenters. The molecular formula is C29H33N7O4. The summed E-state index contributed by atoms with van der Waals surface area (Å²) in [5.74, 6) is -1.21. The van der Waals surface area contributed by atoms with Gasteiger partial charge in [-0.2, -0.15) is 0 Å². The van der Waals surface area contributed by atoms with Gasteiger partial charge in [-0.3, -0.25) is 23.9 Å². The van der Waals surface area contributed by atoms with Crippen LogP contribution in [-0.2, 0) is 16.8 Å². The second kappa shape index (κ2) is 11.6. The lowest BCUT2D eigenvalue weighted by Crippen LogP contribution is -2.46. The van der Waals surface area contributed by atoms with Crippen molar-refractivity contribution in [2.24, 2.45) is 5.92 Å². The van der Waals surface area contributed by atoms with Crippen molar-refractivity contribution in [3.8, 4) is 11.3 Å². The van der Waals surface area contributed by atoms with E-state index in [0.29, 0.717) is 11.4 Å². The number of aromatic nitrogens is 5. The third kappa shape index (κ3) is 5.83. The van der Waals surface area contributed by atoms with E-state index in [2.05, 4.69) is 30.8 Å². The first kappa shape index (κ1) is 28.3. The van der Waals surface area contributed by atoms with Crippen LogP contribution in [0.4, 0.5) is 5.82 Å². The zero-order valence-electron chi connectivity index (χ0n) is 23.4. The SMILES string of the molecule is CNc1ncc(-c2ccccc2)n(CC(=O)NC(C(=O)c2nnc(C(C)(C)c3ccc(C)cn3)o2)C(C)C)c1=O. The van der Waals surface area contributed by atoms with Gasteiger partial charge in [-0.05, 0) is 43.9 Å². The zero-order valence-corrected chi connectivity index (χ0v) is 23.4. The molecule has 3 heterocycles. The van der Waals surface area contributed by atoms with Crippen LogP contribution in [0.5, 0.6) is 0 Å². The molecule has 11 heteroatoms. The Kier molecular flexibility index (Phi) is 8.22. The predicted octanol–water partition coefficient (Wildman–Crippen LogP) is 3.39. The van der Waals surface area contributed by atoms with Crippen LogP contribution in [0.15, 0.2) is 64.1 Å². The van der Waals surface area contributed by atoms with Gasteiger partial charge in [-0.1, -0.05) is 50.2 Å². The molecule has 4 rings (SSSR count). The Morgan fingerprint density at radius 1 is 1.02 bits per heavy atom. The van der Waals surface area contributed by atoms with E-state index in [0.717, 1.165) is 11.1 Å². The Bertz CT molecular complexity index is 1560. The van der Waals surface area contributed by atoms with E-state index >= 15 is 0 Å². The number of rotatable bonds is 10. The molecule has 0 radical (unpaired) electrons. The molecule has 0 bridgehead atoms. The van der Waals surface area contributed by atoms with Crippen LogP contribution in [-0.4, -0.2) is 49.5 Å². The molecule has 0 aliphatic heterocycles. The summed E-state index contributed by atoms with van der Waals surface area (Å²) in [7, 11) is 1.58. The van der Waals surface area contributed by atoms with Crippen LogP contribution in [0.3, 0.4) is 0 Å². The summed E-state index contributed by atoms with van der Waals surface area (Å²) in [4.78, 5) is 48.4. The maximum Gasteiger partial charge on any atom is 0.294 e. The highest BCUT2D eigenvalue weighted by Crippen LogP contribution is 2.29. The molecular weight excluding hydrogens is 510 g/mol. The number of ketones is 1. The van der Waals surface area contributed by atoms with Gasteiger partial charge in [0.1, 0.15) is 6.54 Å². The van der Waals surface area contributed by atoms with Crippen molar-refractivity contribution in [3.63, 3.8) is 0 Å². The van der Waals surface area contributed by atoms with Crippen molar-refractivity contribution in [2.75, 3.05) is 12.4 Å². The Labute approximate surface area is 232 Å². The van der Waals surface area contributed by atoms with E-state index < -0.39 is 28.7 Å². The topological polar surface area (TPSA) is 145 Å². The van der Waals surface area contributed by atoms with Gasteiger partial charge in [0.2, 0.25) is 17.6 Å². The van der Waals surface area contributed by atoms with E-state index in [-0.39, 0.29) is 30.1 Å². The average molecular weight is 544 g/mol. The molecule has 1 aromatic carbocycles. The Morgan fingerprint density at radius 2 is 1.75 bits per heavy atom. The number of pyridine rings is 1. The lowest BCUT2D eigenvalue weighted by molar-refractivity contribution is -0.122. The lowest BCUT2D eigenvalue weighted by atomic mass is 9.88. The molecule has 0 saturated carbocycles. The maximum absolute atomic E-state index is 13.4. The van der Waals surface area contributed by atoms with Crippen LogP contribution in [0, 0.1) is 12.8 Å². The minimum atomic E-state index is -0.956. The maximum atomic E-state index is 13.4. The Morgan fingerprint density at radius 3 is 2.38 bits per heavy atom. The first-order valence-corrected chi connectivity index (χ1v) is 13.0. The highest BCUT2D eigenvalue weighted by Gasteiger charge is 2.35. The molecule has 0 aliphatic carbocycles. The van der Waals surface area contributed by atoms with Gasteiger partial charge >= 0.3 is 0 Å². The molecule has 1 amide bonds. The minimum absolute atomic E-state index is 0.105. The number of carbonyl (C=O) groups excluding carboxylic acids is 2. The summed E-state index contributed by atoms with van der Waals surface area (Å²) in [6.45, 7) is 8.98. The Hall–Kier alpha value is -4.67. The molecule has 2 N–H and O–H groups in total. The van der Waals surface area contributed by atoms with Gasteiger partial charge in [-0.25, -0.2) is 4.98 Å². The van der Waals surface area contributed by atoms with Crippen molar-refractivity contribution in [1.29, 1.82) is 0 Å². The molecule has 40 heavy (non-hydrogen) atoms. The quantitative estimate of drug-likeness (QED) is 0.288. The first-order chi connectivity index (χ1) is 19.0. The van der Waals surface area contributed by atoms with Crippen molar-refractivity contribution in [3.05, 3.63) is 88.3 Å². The van der Waals surface area contributed by atoms with E-state index in [1.807, 2.05) is 63.2 Å². The highest BCUT2D eigenvalue weighted by molar-refractivity contribution is 5.98. The van der Waals surface area contributed by atoms with Gasteiger partial charge in [-0.15, -0.1) is 10.2 Å². The molecule has 208 valence electrons. The monoisotopic (exact) mass is 543 g/mol. The molecule has 0 aliphatic rings. The number of hydrogen-bond acceptors (Lipinski definition) is 9. The normalized spacial score (nSPS) is 12.3. The number of amides is 1. The number of nitrogens with one attached hydrogen (secondary N) is 2. The molecule has 4 aromatic rings. The standard InChI is InChI=1S/C29H33N7O4/c1-17(2)23(24(38)26-34-35-28(40-26)29(4,5)21-13-12-18(3)14-31-21)33-22(37)16-36-20(19-10-8-7-9-11-19)15-32-25(30-6)27(36)39/h7-15,17,23H,16H2,1-6H3,(H,30,32)(H,33,37). The van der Waals surface area contributed by atoms with Gasteiger partial charge in [0.25, 0.3) is 11.4 Å². The average Bonchev–Trinajstić information content (AvgIpc) is 3.44. The van der Waals surface area contributed by atoms with Crippen molar-refractivity contribution < 1.29 is 14.0 Å². The number of aryl methyl sites for hydroxylation is 1. The van der Waals surface area contributed by atoms with Gasteiger partial charge in [0.15, 0.2) is 5.82 Å². The summed E-state index contributed by atoms with van der Waals surface area (Å²) < 4.78 is 7.14. The fraction of sp³-hybridized carbons (Fsp3) is 0.345. The number of carbonyl (C=O) groups is 2. The largest absolute Gasteiger partial charge is 0.417 e. The van der Waals surface area contributed by atoms with Crippen LogP contribution in [0.2, 0.25) is 0 Å². The van der Waals surface area contributed by atoms with Crippen LogP contribution < -0.4 is 16.2 Å². The number of benzene rings is 1. The molecule has 0 spiro atoms. The molecule has 0 fully saturated rings. The molecule has 11 nitrogen and oxygen atoms in total. The second-order valence-corrected chi connectivity index (χ2v) is 10.4. The number of anilines is 1. The first-order valence-electron chi connectivity index (χ1n) is 13.0. The van der Waals surface area contributed by atoms with E-state index in [1.54, 1.807) is 27.1 Å². The minimum Gasteiger partial charge on any atom is -0.417 e. The van der Waals surface area contributed by atoms with Crippen molar-refractivity contribution in [2.45, 2.75) is 52.6 Å². The third-order valence-corrected chi connectivity index (χ3v) is 6.65. The molecule has 0 saturated heterocycles. The third-order valence-electron chi connectivity index (χ3n) is 6.65. The predicted molar refractivity (Wildman–Crippen MR) is 150 cm³/mol. The van der Waals surface area contributed by atoms with Gasteiger partial charge in [0, 0.05) is 13.2 Å². The van der Waals surface area contributed by atoms with E-state index in [1.165, 1.54) is 10.8 Å². The fourth-order valence-corrected chi connectivity index (χ4v) is 4.21. The Balaban J connectivity index is 1.57.